The molecule has 0 spiro atoms. The van der Waals surface area contributed by atoms with Crippen molar-refractivity contribution in [2.75, 3.05) is 19.6 Å². The molecule has 0 heterocycles. The number of aliphatic carboxylic acids is 1. The molecule has 6 N–H and O–H groups in total. The molecule has 0 aliphatic carbocycles. The quantitative estimate of drug-likeness (QED) is 0.209. The lowest BCUT2D eigenvalue weighted by molar-refractivity contribution is -0.138. The normalized spacial score (nSPS) is 12.3. The summed E-state index contributed by atoms with van der Waals surface area (Å²) in [6, 6.07) is 6.72. The molecule has 13 heteroatoms. The van der Waals surface area contributed by atoms with Gasteiger partial charge in [-0.25, -0.2) is 4.79 Å². The van der Waals surface area contributed by atoms with Crippen molar-refractivity contribution in [1.29, 1.82) is 0 Å². The maximum atomic E-state index is 12.4. The molecule has 2 atom stereocenters. The van der Waals surface area contributed by atoms with Crippen LogP contribution in [-0.2, 0) is 35.1 Å². The Morgan fingerprint density at radius 1 is 0.833 bits per heavy atom. The summed E-state index contributed by atoms with van der Waals surface area (Å²) in [5.74, 6) is -3.95. The van der Waals surface area contributed by atoms with Crippen molar-refractivity contribution < 1.29 is 38.6 Å². The highest BCUT2D eigenvalue weighted by molar-refractivity contribution is 5.93. The summed E-state index contributed by atoms with van der Waals surface area (Å²) in [7, 11) is 0. The van der Waals surface area contributed by atoms with E-state index in [0.29, 0.717) is 0 Å². The van der Waals surface area contributed by atoms with Gasteiger partial charge in [0.1, 0.15) is 24.2 Å². The van der Waals surface area contributed by atoms with Gasteiger partial charge in [0.25, 0.3) is 0 Å². The van der Waals surface area contributed by atoms with Gasteiger partial charge in [-0.15, -0.1) is 0 Å². The topological polar surface area (TPSA) is 192 Å². The number of carbonyl (C=O) groups is 6. The Bertz CT molecular complexity index is 946. The van der Waals surface area contributed by atoms with Crippen molar-refractivity contribution in [2.45, 2.75) is 51.8 Å². The van der Waals surface area contributed by atoms with Gasteiger partial charge in [-0.2, -0.15) is 0 Å². The van der Waals surface area contributed by atoms with Gasteiger partial charge in [-0.3, -0.25) is 24.0 Å². The highest BCUT2D eigenvalue weighted by Crippen LogP contribution is 2.06. The number of nitrogens with one attached hydrogen (secondary N) is 5. The zero-order chi connectivity index (χ0) is 27.3. The molecule has 0 saturated heterocycles. The third-order valence-electron chi connectivity index (χ3n) is 4.34. The molecule has 36 heavy (non-hydrogen) atoms. The second-order valence-corrected chi connectivity index (χ2v) is 8.78. The van der Waals surface area contributed by atoms with Gasteiger partial charge in [-0.05, 0) is 33.3 Å². The second kappa shape index (κ2) is 14.3. The maximum absolute atomic E-state index is 12.4. The molecule has 5 amide bonds. The van der Waals surface area contributed by atoms with E-state index in [9.17, 15) is 28.8 Å². The molecule has 0 aliphatic rings. The third-order valence-corrected chi connectivity index (χ3v) is 4.34. The number of benzene rings is 1. The number of alkyl carbamates (subject to hydrolysis) is 1. The first kappa shape index (κ1) is 29.9. The summed E-state index contributed by atoms with van der Waals surface area (Å²) in [4.78, 5) is 71.2. The average Bonchev–Trinajstić information content (AvgIpc) is 2.78. The van der Waals surface area contributed by atoms with Crippen LogP contribution in [0.25, 0.3) is 0 Å². The van der Waals surface area contributed by atoms with Crippen LogP contribution in [0.2, 0.25) is 0 Å². The van der Waals surface area contributed by atoms with Gasteiger partial charge < -0.3 is 36.4 Å². The van der Waals surface area contributed by atoms with Crippen LogP contribution in [0.15, 0.2) is 30.3 Å². The predicted molar refractivity (Wildman–Crippen MR) is 128 cm³/mol. The molecule has 0 saturated carbocycles. The number of ether oxygens (including phenoxy) is 1. The Labute approximate surface area is 208 Å². The minimum atomic E-state index is -1.24. The van der Waals surface area contributed by atoms with Crippen LogP contribution < -0.4 is 26.6 Å². The summed E-state index contributed by atoms with van der Waals surface area (Å²) >= 11 is 0. The summed E-state index contributed by atoms with van der Waals surface area (Å²) in [6.07, 6.45) is -0.686. The Morgan fingerprint density at radius 2 is 1.42 bits per heavy atom. The van der Waals surface area contributed by atoms with Crippen molar-refractivity contribution in [3.63, 3.8) is 0 Å². The first-order valence-corrected chi connectivity index (χ1v) is 11.1. The van der Waals surface area contributed by atoms with Crippen LogP contribution in [0.5, 0.6) is 0 Å². The SMILES string of the molecule is C[C@H](NC(=O)OC(C)(C)C)C(=O)NCC(=O)NCC(=O)N[C@@H](Cc1ccccc1)C(=O)NCC(=O)O. The van der Waals surface area contributed by atoms with Crippen LogP contribution in [0.1, 0.15) is 33.3 Å². The number of amides is 5. The maximum Gasteiger partial charge on any atom is 0.408 e. The molecule has 0 aliphatic heterocycles. The van der Waals surface area contributed by atoms with Crippen LogP contribution in [-0.4, -0.2) is 78.1 Å². The van der Waals surface area contributed by atoms with E-state index in [-0.39, 0.29) is 6.42 Å². The van der Waals surface area contributed by atoms with Crippen LogP contribution in [0.4, 0.5) is 4.79 Å². The number of carbonyl (C=O) groups excluding carboxylic acids is 5. The standard InChI is InChI=1S/C23H33N5O8/c1-14(27-22(35)36-23(2,3)4)20(33)25-11-17(29)24-12-18(30)28-16(21(34)26-13-19(31)32)10-15-8-6-5-7-9-15/h5-9,14,16H,10-13H2,1-4H3,(H,24,29)(H,25,33)(H,26,34)(H,27,35)(H,28,30)(H,31,32)/t14-,16-/m0/s1. The Hall–Kier alpha value is -4.16. The van der Waals surface area contributed by atoms with E-state index in [1.165, 1.54) is 6.92 Å². The minimum Gasteiger partial charge on any atom is -0.480 e. The number of hydrogen-bond donors (Lipinski definition) is 6. The fraction of sp³-hybridized carbons (Fsp3) is 0.478. The fourth-order valence-electron chi connectivity index (χ4n) is 2.70. The molecular formula is C23H33N5O8. The Balaban J connectivity index is 2.52. The van der Waals surface area contributed by atoms with Crippen molar-refractivity contribution >= 4 is 35.7 Å². The zero-order valence-electron chi connectivity index (χ0n) is 20.7. The molecule has 0 bridgehead atoms. The first-order chi connectivity index (χ1) is 16.8. The van der Waals surface area contributed by atoms with E-state index in [4.69, 9.17) is 9.84 Å². The third kappa shape index (κ3) is 12.9. The van der Waals surface area contributed by atoms with Crippen molar-refractivity contribution in [1.82, 2.24) is 26.6 Å². The van der Waals surface area contributed by atoms with E-state index >= 15 is 0 Å². The molecular weight excluding hydrogens is 474 g/mol. The highest BCUT2D eigenvalue weighted by Gasteiger charge is 2.23. The van der Waals surface area contributed by atoms with Crippen molar-refractivity contribution in [2.24, 2.45) is 0 Å². The largest absolute Gasteiger partial charge is 0.480 e. The molecule has 1 aromatic rings. The Morgan fingerprint density at radius 3 is 2.00 bits per heavy atom. The van der Waals surface area contributed by atoms with Gasteiger partial charge in [0, 0.05) is 6.42 Å². The molecule has 1 rings (SSSR count). The molecule has 0 aromatic heterocycles. The summed E-state index contributed by atoms with van der Waals surface area (Å²) in [6.45, 7) is 4.86. The van der Waals surface area contributed by atoms with E-state index in [1.54, 1.807) is 51.1 Å². The molecule has 0 unspecified atom stereocenters. The van der Waals surface area contributed by atoms with E-state index in [1.807, 2.05) is 0 Å². The van der Waals surface area contributed by atoms with Crippen LogP contribution >= 0.6 is 0 Å². The summed E-state index contributed by atoms with van der Waals surface area (Å²) in [5.41, 5.74) is -0.00764. The molecule has 198 valence electrons. The Kier molecular flexibility index (Phi) is 11.9. The van der Waals surface area contributed by atoms with Crippen molar-refractivity contribution in [3.8, 4) is 0 Å². The van der Waals surface area contributed by atoms with Crippen LogP contribution in [0.3, 0.4) is 0 Å². The fourth-order valence-corrected chi connectivity index (χ4v) is 2.70. The smallest absolute Gasteiger partial charge is 0.408 e. The highest BCUT2D eigenvalue weighted by atomic mass is 16.6. The van der Waals surface area contributed by atoms with Gasteiger partial charge in [0.15, 0.2) is 0 Å². The molecule has 0 fully saturated rings. The number of carboxylic acid groups (broad SMARTS) is 1. The van der Waals surface area contributed by atoms with Crippen molar-refractivity contribution in [3.05, 3.63) is 35.9 Å². The van der Waals surface area contributed by atoms with Crippen LogP contribution in [0, 0.1) is 0 Å². The number of rotatable bonds is 12. The van der Waals surface area contributed by atoms with Gasteiger partial charge in [0.05, 0.1) is 13.1 Å². The molecule has 1 aromatic carbocycles. The van der Waals surface area contributed by atoms with E-state index in [2.05, 4.69) is 26.6 Å². The molecule has 13 nitrogen and oxygen atoms in total. The average molecular weight is 508 g/mol. The molecule has 0 radical (unpaired) electrons. The first-order valence-electron chi connectivity index (χ1n) is 11.1. The predicted octanol–water partition coefficient (Wildman–Crippen LogP) is -0.940. The van der Waals surface area contributed by atoms with Gasteiger partial charge in [-0.1, -0.05) is 30.3 Å². The zero-order valence-corrected chi connectivity index (χ0v) is 20.7. The number of carboxylic acids is 1. The minimum absolute atomic E-state index is 0.102. The van der Waals surface area contributed by atoms with Gasteiger partial charge >= 0.3 is 12.1 Å². The van der Waals surface area contributed by atoms with E-state index in [0.717, 1.165) is 5.56 Å². The second-order valence-electron chi connectivity index (χ2n) is 8.78. The lowest BCUT2D eigenvalue weighted by atomic mass is 10.1. The number of hydrogen-bond acceptors (Lipinski definition) is 7. The summed E-state index contributed by atoms with van der Waals surface area (Å²) < 4.78 is 5.05. The van der Waals surface area contributed by atoms with E-state index < -0.39 is 73.0 Å². The lowest BCUT2D eigenvalue weighted by Gasteiger charge is -2.21. The van der Waals surface area contributed by atoms with Gasteiger partial charge in [0.2, 0.25) is 23.6 Å². The summed E-state index contributed by atoms with van der Waals surface area (Å²) in [5, 5.41) is 20.4. The lowest BCUT2D eigenvalue weighted by Crippen LogP contribution is -2.52. The monoisotopic (exact) mass is 507 g/mol.